The van der Waals surface area contributed by atoms with E-state index >= 15 is 0 Å². The molecule has 0 aliphatic heterocycles. The van der Waals surface area contributed by atoms with Crippen molar-refractivity contribution in [1.29, 1.82) is 0 Å². The molecule has 4 nitrogen and oxygen atoms in total. The Hall–Kier alpha value is -0.420. The molecule has 1 rings (SSSR count). The predicted molar refractivity (Wildman–Crippen MR) is 71.8 cm³/mol. The van der Waals surface area contributed by atoms with Gasteiger partial charge in [0.05, 0.1) is 0 Å². The van der Waals surface area contributed by atoms with E-state index in [0.717, 1.165) is 0 Å². The summed E-state index contributed by atoms with van der Waals surface area (Å²) in [6.07, 6.45) is 0. The molecule has 0 saturated carbocycles. The summed E-state index contributed by atoms with van der Waals surface area (Å²) in [7, 11) is 0. The van der Waals surface area contributed by atoms with Crippen LogP contribution in [0.1, 0.15) is 0 Å². The third-order valence-corrected chi connectivity index (χ3v) is 2.29. The fourth-order valence-corrected chi connectivity index (χ4v) is 1.71. The molecule has 0 aromatic heterocycles. The Kier molecular flexibility index (Phi) is 7.51. The van der Waals surface area contributed by atoms with Crippen molar-refractivity contribution in [2.24, 2.45) is 0 Å². The summed E-state index contributed by atoms with van der Waals surface area (Å²) >= 11 is 22.1. The van der Waals surface area contributed by atoms with Crippen LogP contribution in [0, 0.1) is 0 Å². The molecular weight excluding hydrogens is 326 g/mol. The topological polar surface area (TPSA) is 36.9 Å². The van der Waals surface area contributed by atoms with Crippen LogP contribution < -0.4 is 18.9 Å². The van der Waals surface area contributed by atoms with E-state index in [9.17, 15) is 0 Å². The molecule has 8 heteroatoms. The van der Waals surface area contributed by atoms with Crippen molar-refractivity contribution in [2.45, 2.75) is 0 Å². The van der Waals surface area contributed by atoms with Gasteiger partial charge in [-0.1, -0.05) is 46.4 Å². The van der Waals surface area contributed by atoms with Crippen molar-refractivity contribution in [3.8, 4) is 23.0 Å². The van der Waals surface area contributed by atoms with Gasteiger partial charge >= 0.3 is 0 Å². The van der Waals surface area contributed by atoms with Gasteiger partial charge in [0.1, 0.15) is 0 Å². The minimum atomic E-state index is -0.0956. The molecule has 0 amide bonds. The summed E-state index contributed by atoms with van der Waals surface area (Å²) in [4.78, 5) is 0. The molecule has 18 heavy (non-hydrogen) atoms. The largest absolute Gasteiger partial charge is 0.474 e. The lowest BCUT2D eigenvalue weighted by atomic mass is 10.2. The Morgan fingerprint density at radius 3 is 1.22 bits per heavy atom. The summed E-state index contributed by atoms with van der Waals surface area (Å²) in [6, 6.07) is 2.92. The lowest BCUT2D eigenvalue weighted by Gasteiger charge is -2.16. The van der Waals surface area contributed by atoms with Crippen molar-refractivity contribution < 1.29 is 18.9 Å². The molecule has 0 saturated heterocycles. The average Bonchev–Trinajstić information content (AvgIpc) is 2.37. The highest BCUT2D eigenvalue weighted by atomic mass is 35.5. The van der Waals surface area contributed by atoms with E-state index in [0.29, 0.717) is 11.5 Å². The van der Waals surface area contributed by atoms with Crippen LogP contribution in [0.2, 0.25) is 0 Å². The number of benzene rings is 1. The molecule has 0 fully saturated rings. The van der Waals surface area contributed by atoms with Crippen LogP contribution in [-0.2, 0) is 0 Å². The van der Waals surface area contributed by atoms with Crippen LogP contribution in [-0.4, -0.2) is 24.3 Å². The zero-order valence-electron chi connectivity index (χ0n) is 9.13. The van der Waals surface area contributed by atoms with Gasteiger partial charge in [0.15, 0.2) is 35.8 Å². The van der Waals surface area contributed by atoms with Gasteiger partial charge in [-0.15, -0.1) is 0 Å². The van der Waals surface area contributed by atoms with Crippen LogP contribution in [0.15, 0.2) is 12.1 Å². The molecule has 0 radical (unpaired) electrons. The van der Waals surface area contributed by atoms with Crippen LogP contribution >= 0.6 is 46.4 Å². The van der Waals surface area contributed by atoms with Gasteiger partial charge in [-0.25, -0.2) is 0 Å². The summed E-state index contributed by atoms with van der Waals surface area (Å²) in [5, 5.41) is 0. The van der Waals surface area contributed by atoms with E-state index < -0.39 is 0 Å². The zero-order valence-corrected chi connectivity index (χ0v) is 12.2. The lowest BCUT2D eigenvalue weighted by molar-refractivity contribution is 0.283. The SMILES string of the molecule is ClCOc1ccc(OCCl)c(OCCl)c1OCCl. The minimum Gasteiger partial charge on any atom is -0.474 e. The van der Waals surface area contributed by atoms with E-state index in [1.165, 1.54) is 0 Å². The Labute approximate surface area is 125 Å². The minimum absolute atomic E-state index is 0.0470. The standard InChI is InChI=1S/C10H10Cl4O4/c11-3-15-7-1-2-8(16-4-12)10(18-6-14)9(7)17-5-13/h1-2H,3-6H2. The lowest BCUT2D eigenvalue weighted by Crippen LogP contribution is -2.03. The van der Waals surface area contributed by atoms with E-state index in [4.69, 9.17) is 65.4 Å². The van der Waals surface area contributed by atoms with Crippen LogP contribution in [0.4, 0.5) is 0 Å². The molecule has 0 spiro atoms. The molecule has 0 heterocycles. The van der Waals surface area contributed by atoms with E-state index in [-0.39, 0.29) is 35.8 Å². The van der Waals surface area contributed by atoms with Crippen molar-refractivity contribution >= 4 is 46.4 Å². The molecule has 0 unspecified atom stereocenters. The molecule has 1 aromatic rings. The molecule has 102 valence electrons. The number of ether oxygens (including phenoxy) is 4. The first-order chi connectivity index (χ1) is 8.78. The van der Waals surface area contributed by atoms with Crippen LogP contribution in [0.3, 0.4) is 0 Å². The van der Waals surface area contributed by atoms with Gasteiger partial charge in [0, 0.05) is 0 Å². The normalized spacial score (nSPS) is 10.0. The first-order valence-electron chi connectivity index (χ1n) is 4.70. The van der Waals surface area contributed by atoms with Gasteiger partial charge in [-0.3, -0.25) is 0 Å². The molecule has 0 bridgehead atoms. The van der Waals surface area contributed by atoms with E-state index in [1.54, 1.807) is 12.1 Å². The van der Waals surface area contributed by atoms with Gasteiger partial charge in [-0.05, 0) is 12.1 Å². The Bertz CT molecular complexity index is 340. The molecule has 0 aliphatic rings. The Morgan fingerprint density at radius 1 is 0.611 bits per heavy atom. The smallest absolute Gasteiger partial charge is 0.208 e. The molecule has 1 aromatic carbocycles. The number of hydrogen-bond acceptors (Lipinski definition) is 4. The van der Waals surface area contributed by atoms with Gasteiger partial charge in [0.25, 0.3) is 0 Å². The van der Waals surface area contributed by atoms with Crippen molar-refractivity contribution in [3.05, 3.63) is 12.1 Å². The second kappa shape index (κ2) is 8.64. The molecule has 0 atom stereocenters. The highest BCUT2D eigenvalue weighted by Gasteiger charge is 2.18. The fourth-order valence-electron chi connectivity index (χ4n) is 1.25. The number of alkyl halides is 4. The third-order valence-electron chi connectivity index (χ3n) is 1.86. The third kappa shape index (κ3) is 4.05. The van der Waals surface area contributed by atoms with Gasteiger partial charge in [-0.2, -0.15) is 0 Å². The maximum Gasteiger partial charge on any atom is 0.208 e. The summed E-state index contributed by atoms with van der Waals surface area (Å²) in [6.45, 7) is 0. The van der Waals surface area contributed by atoms with Crippen LogP contribution in [0.5, 0.6) is 23.0 Å². The van der Waals surface area contributed by atoms with Crippen molar-refractivity contribution in [2.75, 3.05) is 24.3 Å². The van der Waals surface area contributed by atoms with Crippen molar-refractivity contribution in [3.63, 3.8) is 0 Å². The Balaban J connectivity index is 3.19. The average molecular weight is 336 g/mol. The molecule has 0 N–H and O–H groups in total. The highest BCUT2D eigenvalue weighted by Crippen LogP contribution is 2.45. The molecular formula is C10H10Cl4O4. The fraction of sp³-hybridized carbons (Fsp3) is 0.400. The monoisotopic (exact) mass is 334 g/mol. The number of halogens is 4. The Morgan fingerprint density at radius 2 is 0.944 bits per heavy atom. The first-order valence-corrected chi connectivity index (χ1v) is 6.84. The summed E-state index contributed by atoms with van der Waals surface area (Å²) in [5.41, 5.74) is 0. The number of hydrogen-bond donors (Lipinski definition) is 0. The maximum absolute atomic E-state index is 5.54. The van der Waals surface area contributed by atoms with Crippen molar-refractivity contribution in [1.82, 2.24) is 0 Å². The van der Waals surface area contributed by atoms with Gasteiger partial charge < -0.3 is 18.9 Å². The first kappa shape index (κ1) is 15.6. The predicted octanol–water partition coefficient (Wildman–Crippen LogP) is 3.99. The summed E-state index contributed by atoms with van der Waals surface area (Å²) in [5.74, 6) is 1.25. The van der Waals surface area contributed by atoms with Gasteiger partial charge in [0.2, 0.25) is 11.5 Å². The van der Waals surface area contributed by atoms with E-state index in [1.807, 2.05) is 0 Å². The maximum atomic E-state index is 5.54. The van der Waals surface area contributed by atoms with Crippen LogP contribution in [0.25, 0.3) is 0 Å². The second-order valence-corrected chi connectivity index (χ2v) is 3.61. The highest BCUT2D eigenvalue weighted by molar-refractivity contribution is 6.18. The van der Waals surface area contributed by atoms with E-state index in [2.05, 4.69) is 0 Å². The molecule has 0 aliphatic carbocycles. The number of rotatable bonds is 8. The summed E-state index contributed by atoms with van der Waals surface area (Å²) < 4.78 is 20.8. The zero-order chi connectivity index (χ0) is 13.4. The quantitative estimate of drug-likeness (QED) is 0.673. The second-order valence-electron chi connectivity index (χ2n) is 2.73.